The van der Waals surface area contributed by atoms with Crippen molar-refractivity contribution in [2.45, 2.75) is 31.2 Å². The number of carbonyl (C=O) groups is 1. The van der Waals surface area contributed by atoms with Gasteiger partial charge >= 0.3 is 0 Å². The van der Waals surface area contributed by atoms with Crippen molar-refractivity contribution in [1.29, 1.82) is 0 Å². The summed E-state index contributed by atoms with van der Waals surface area (Å²) >= 11 is 0. The second-order valence-corrected chi connectivity index (χ2v) is 7.21. The summed E-state index contributed by atoms with van der Waals surface area (Å²) in [5.74, 6) is 0.210. The van der Waals surface area contributed by atoms with Crippen LogP contribution >= 0.6 is 0 Å². The fraction of sp³-hybridized carbons (Fsp3) is 0.368. The molecule has 5 rings (SSSR count). The van der Waals surface area contributed by atoms with Crippen LogP contribution in [0.15, 0.2) is 30.7 Å². The number of hydrogen-bond donors (Lipinski definition) is 1. The van der Waals surface area contributed by atoms with Crippen LogP contribution in [-0.2, 0) is 12.0 Å². The van der Waals surface area contributed by atoms with Gasteiger partial charge in [0.05, 0.1) is 17.9 Å². The number of carbonyl (C=O) groups excluding carboxylic acids is 1. The van der Waals surface area contributed by atoms with Gasteiger partial charge < -0.3 is 10.2 Å². The van der Waals surface area contributed by atoms with Crippen LogP contribution in [0.2, 0.25) is 0 Å². The van der Waals surface area contributed by atoms with E-state index in [0.29, 0.717) is 24.2 Å². The second-order valence-electron chi connectivity index (χ2n) is 7.21. The summed E-state index contributed by atoms with van der Waals surface area (Å²) in [5, 5.41) is 7.14. The molecule has 2 bridgehead atoms. The average molecular weight is 366 g/mol. The molecular weight excluding hydrogens is 347 g/mol. The van der Waals surface area contributed by atoms with Crippen LogP contribution in [0, 0.1) is 5.82 Å². The van der Waals surface area contributed by atoms with Crippen molar-refractivity contribution in [2.24, 2.45) is 0 Å². The Morgan fingerprint density at radius 2 is 2.15 bits per heavy atom. The summed E-state index contributed by atoms with van der Waals surface area (Å²) in [6.45, 7) is 0.511. The SMILES string of the molecule is CN1c2ccn3ncc(c3n2)C(=O)NCCCc2ncc(F)cc2C12CC2. The maximum atomic E-state index is 14.0. The van der Waals surface area contributed by atoms with Gasteiger partial charge in [-0.3, -0.25) is 9.78 Å². The summed E-state index contributed by atoms with van der Waals surface area (Å²) in [6.07, 6.45) is 7.85. The number of anilines is 1. The summed E-state index contributed by atoms with van der Waals surface area (Å²) in [4.78, 5) is 23.7. The maximum absolute atomic E-state index is 14.0. The molecule has 8 heteroatoms. The van der Waals surface area contributed by atoms with Crippen molar-refractivity contribution in [3.8, 4) is 0 Å². The van der Waals surface area contributed by atoms with Crippen LogP contribution in [0.4, 0.5) is 10.2 Å². The van der Waals surface area contributed by atoms with Crippen molar-refractivity contribution in [3.63, 3.8) is 0 Å². The Morgan fingerprint density at radius 3 is 2.96 bits per heavy atom. The van der Waals surface area contributed by atoms with E-state index in [4.69, 9.17) is 4.98 Å². The molecule has 0 saturated heterocycles. The van der Waals surface area contributed by atoms with Crippen molar-refractivity contribution >= 4 is 17.4 Å². The molecule has 4 heterocycles. The molecule has 0 unspecified atom stereocenters. The molecule has 1 saturated carbocycles. The molecule has 0 radical (unpaired) electrons. The zero-order valence-electron chi connectivity index (χ0n) is 14.9. The number of rotatable bonds is 0. The number of aromatic nitrogens is 4. The summed E-state index contributed by atoms with van der Waals surface area (Å²) in [7, 11) is 1.97. The summed E-state index contributed by atoms with van der Waals surface area (Å²) in [6, 6.07) is 3.47. The first-order valence-corrected chi connectivity index (χ1v) is 9.10. The van der Waals surface area contributed by atoms with Crippen LogP contribution in [-0.4, -0.2) is 39.1 Å². The van der Waals surface area contributed by atoms with E-state index < -0.39 is 0 Å². The Balaban J connectivity index is 1.69. The first kappa shape index (κ1) is 16.2. The van der Waals surface area contributed by atoms with E-state index in [2.05, 4.69) is 20.3 Å². The number of hydrogen-bond acceptors (Lipinski definition) is 5. The number of fused-ring (bicyclic) bond motifs is 3. The Kier molecular flexibility index (Phi) is 3.43. The minimum atomic E-state index is -0.326. The van der Waals surface area contributed by atoms with E-state index in [0.717, 1.165) is 36.3 Å². The quantitative estimate of drug-likeness (QED) is 0.659. The lowest BCUT2D eigenvalue weighted by Gasteiger charge is -2.31. The van der Waals surface area contributed by atoms with Gasteiger partial charge in [0.2, 0.25) is 0 Å². The highest BCUT2D eigenvalue weighted by Crippen LogP contribution is 2.52. The number of aryl methyl sites for hydroxylation is 1. The third-order valence-corrected chi connectivity index (χ3v) is 5.62. The van der Waals surface area contributed by atoms with E-state index in [1.165, 1.54) is 6.20 Å². The van der Waals surface area contributed by atoms with Crippen molar-refractivity contribution < 1.29 is 9.18 Å². The van der Waals surface area contributed by atoms with Gasteiger partial charge in [-0.15, -0.1) is 0 Å². The molecular formula is C19H19FN6O. The molecule has 0 aromatic carbocycles. The van der Waals surface area contributed by atoms with Gasteiger partial charge in [0.1, 0.15) is 17.2 Å². The molecule has 27 heavy (non-hydrogen) atoms. The molecule has 1 aliphatic carbocycles. The molecule has 7 nitrogen and oxygen atoms in total. The number of halogens is 1. The van der Waals surface area contributed by atoms with Crippen LogP contribution in [0.5, 0.6) is 0 Å². The highest BCUT2D eigenvalue weighted by molar-refractivity contribution is 5.99. The molecule has 1 fully saturated rings. The van der Waals surface area contributed by atoms with Gasteiger partial charge in [0, 0.05) is 31.0 Å². The molecule has 2 aliphatic rings. The highest BCUT2D eigenvalue weighted by atomic mass is 19.1. The average Bonchev–Trinajstić information content (AvgIpc) is 3.37. The third-order valence-electron chi connectivity index (χ3n) is 5.62. The molecule has 0 atom stereocenters. The van der Waals surface area contributed by atoms with Crippen molar-refractivity contribution in [2.75, 3.05) is 18.5 Å². The summed E-state index contributed by atoms with van der Waals surface area (Å²) in [5.41, 5.74) is 2.48. The monoisotopic (exact) mass is 366 g/mol. The standard InChI is InChI=1S/C19H19FN6O/c1-25-16-4-8-26-17(24-16)13(11-23-26)18(27)21-7-2-3-15-14(19(25)5-6-19)9-12(20)10-22-15/h4,8-11H,2-3,5-7H2,1H3,(H,21,27). The van der Waals surface area contributed by atoms with Gasteiger partial charge in [-0.2, -0.15) is 5.10 Å². The largest absolute Gasteiger partial charge is 0.352 e. The molecule has 1 aliphatic heterocycles. The number of amides is 1. The Morgan fingerprint density at radius 1 is 1.30 bits per heavy atom. The van der Waals surface area contributed by atoms with Crippen molar-refractivity contribution in [3.05, 3.63) is 53.4 Å². The minimum Gasteiger partial charge on any atom is -0.352 e. The fourth-order valence-corrected chi connectivity index (χ4v) is 3.95. The highest BCUT2D eigenvalue weighted by Gasteiger charge is 2.50. The van der Waals surface area contributed by atoms with Gasteiger partial charge in [0.15, 0.2) is 5.65 Å². The summed E-state index contributed by atoms with van der Waals surface area (Å²) < 4.78 is 15.6. The lowest BCUT2D eigenvalue weighted by molar-refractivity contribution is 0.0954. The molecule has 3 aromatic rings. The van der Waals surface area contributed by atoms with Crippen LogP contribution in [0.1, 0.15) is 40.9 Å². The Hall–Kier alpha value is -3.03. The lowest BCUT2D eigenvalue weighted by Crippen LogP contribution is -2.33. The smallest absolute Gasteiger partial charge is 0.256 e. The molecule has 138 valence electrons. The van der Waals surface area contributed by atoms with Crippen LogP contribution in [0.25, 0.3) is 5.65 Å². The number of pyridine rings is 1. The first-order chi connectivity index (χ1) is 13.1. The maximum Gasteiger partial charge on any atom is 0.256 e. The predicted octanol–water partition coefficient (Wildman–Crippen LogP) is 2.06. The van der Waals surface area contributed by atoms with E-state index >= 15 is 0 Å². The van der Waals surface area contributed by atoms with E-state index in [1.807, 2.05) is 13.1 Å². The minimum absolute atomic E-state index is 0.190. The topological polar surface area (TPSA) is 75.4 Å². The normalized spacial score (nSPS) is 18.6. The Labute approximate surface area is 155 Å². The molecule has 1 amide bonds. The van der Waals surface area contributed by atoms with Gasteiger partial charge in [-0.1, -0.05) is 0 Å². The zero-order chi connectivity index (χ0) is 18.6. The van der Waals surface area contributed by atoms with Crippen molar-refractivity contribution in [1.82, 2.24) is 24.9 Å². The van der Waals surface area contributed by atoms with E-state index in [-0.39, 0.29) is 17.3 Å². The molecule has 1 spiro atoms. The second kappa shape index (κ2) is 5.73. The van der Waals surface area contributed by atoms with Crippen LogP contribution in [0.3, 0.4) is 0 Å². The van der Waals surface area contributed by atoms with Gasteiger partial charge in [-0.05, 0) is 37.8 Å². The first-order valence-electron chi connectivity index (χ1n) is 9.10. The molecule has 3 aromatic heterocycles. The zero-order valence-corrected chi connectivity index (χ0v) is 14.9. The predicted molar refractivity (Wildman–Crippen MR) is 97.2 cm³/mol. The van der Waals surface area contributed by atoms with Crippen LogP contribution < -0.4 is 10.2 Å². The third kappa shape index (κ3) is 2.47. The van der Waals surface area contributed by atoms with E-state index in [9.17, 15) is 9.18 Å². The Bertz CT molecular complexity index is 1060. The fourth-order valence-electron chi connectivity index (χ4n) is 3.95. The van der Waals surface area contributed by atoms with Gasteiger partial charge in [-0.25, -0.2) is 13.9 Å². The van der Waals surface area contributed by atoms with Gasteiger partial charge in [0.25, 0.3) is 5.91 Å². The number of nitrogens with one attached hydrogen (secondary N) is 1. The van der Waals surface area contributed by atoms with E-state index in [1.54, 1.807) is 23.0 Å². The lowest BCUT2D eigenvalue weighted by atomic mass is 9.98. The number of nitrogens with zero attached hydrogens (tertiary/aromatic N) is 5. The molecule has 1 N–H and O–H groups in total.